The van der Waals surface area contributed by atoms with Crippen molar-refractivity contribution in [3.63, 3.8) is 0 Å². The van der Waals surface area contributed by atoms with Gasteiger partial charge in [-0.25, -0.2) is 8.78 Å². The summed E-state index contributed by atoms with van der Waals surface area (Å²) in [6.07, 6.45) is -0.0439. The standard InChI is InChI=1S/C30H32F2N4O2/c1-20-17-34(28(37)16-27(33)30(38)35-18-23-4-2-3-5-24(23)19-35)14-15-36(20)29(21-6-10-25(31)11-7-21)22-8-12-26(32)13-9-22/h2-13,20,27,29H,14-19,33H2,1H3. The fraction of sp³-hybridized carbons (Fsp3) is 0.333. The number of nitrogens with two attached hydrogens (primary N) is 1. The smallest absolute Gasteiger partial charge is 0.240 e. The molecule has 198 valence electrons. The number of fused-ring (bicyclic) bond motifs is 1. The molecule has 0 aromatic heterocycles. The first kappa shape index (κ1) is 26.0. The molecule has 2 heterocycles. The van der Waals surface area contributed by atoms with Crippen LogP contribution < -0.4 is 5.73 Å². The Morgan fingerprint density at radius 1 is 0.842 bits per heavy atom. The summed E-state index contributed by atoms with van der Waals surface area (Å²) in [7, 11) is 0. The second kappa shape index (κ2) is 11.0. The first-order chi connectivity index (χ1) is 18.3. The molecule has 38 heavy (non-hydrogen) atoms. The molecule has 3 aromatic rings. The lowest BCUT2D eigenvalue weighted by atomic mass is 9.94. The fourth-order valence-electron chi connectivity index (χ4n) is 5.58. The fourth-order valence-corrected chi connectivity index (χ4v) is 5.58. The molecule has 8 heteroatoms. The Hall–Kier alpha value is -3.62. The van der Waals surface area contributed by atoms with Gasteiger partial charge < -0.3 is 15.5 Å². The molecule has 0 radical (unpaired) electrons. The van der Waals surface area contributed by atoms with Crippen molar-refractivity contribution in [1.29, 1.82) is 0 Å². The third kappa shape index (κ3) is 5.47. The number of piperazine rings is 1. The molecular weight excluding hydrogens is 486 g/mol. The van der Waals surface area contributed by atoms with Gasteiger partial charge in [-0.3, -0.25) is 14.5 Å². The molecule has 0 aliphatic carbocycles. The minimum absolute atomic E-state index is 0.0344. The van der Waals surface area contributed by atoms with Crippen molar-refractivity contribution in [2.45, 2.75) is 44.6 Å². The van der Waals surface area contributed by atoms with Crippen LogP contribution in [0, 0.1) is 11.6 Å². The predicted molar refractivity (Wildman–Crippen MR) is 141 cm³/mol. The molecule has 2 unspecified atom stereocenters. The number of halogens is 2. The van der Waals surface area contributed by atoms with Crippen molar-refractivity contribution >= 4 is 11.8 Å². The van der Waals surface area contributed by atoms with Crippen molar-refractivity contribution < 1.29 is 18.4 Å². The Kier molecular flexibility index (Phi) is 7.53. The molecule has 5 rings (SSSR count). The van der Waals surface area contributed by atoms with Crippen molar-refractivity contribution in [1.82, 2.24) is 14.7 Å². The van der Waals surface area contributed by atoms with Crippen LogP contribution in [0.3, 0.4) is 0 Å². The van der Waals surface area contributed by atoms with Crippen LogP contribution in [-0.4, -0.2) is 58.2 Å². The number of amides is 2. The van der Waals surface area contributed by atoms with Gasteiger partial charge in [0.15, 0.2) is 0 Å². The third-order valence-corrected chi connectivity index (χ3v) is 7.60. The Bertz CT molecular complexity index is 1230. The number of nitrogens with zero attached hydrogens (tertiary/aromatic N) is 3. The van der Waals surface area contributed by atoms with E-state index in [2.05, 4.69) is 4.90 Å². The molecule has 1 saturated heterocycles. The second-order valence-electron chi connectivity index (χ2n) is 10.2. The van der Waals surface area contributed by atoms with Gasteiger partial charge in [-0.15, -0.1) is 0 Å². The quantitative estimate of drug-likeness (QED) is 0.538. The van der Waals surface area contributed by atoms with Gasteiger partial charge in [0.25, 0.3) is 0 Å². The van der Waals surface area contributed by atoms with Crippen LogP contribution in [0.15, 0.2) is 72.8 Å². The summed E-state index contributed by atoms with van der Waals surface area (Å²) in [5.74, 6) is -0.999. The summed E-state index contributed by atoms with van der Waals surface area (Å²) in [5.41, 5.74) is 10.2. The highest BCUT2D eigenvalue weighted by Gasteiger charge is 2.35. The number of benzene rings is 3. The summed E-state index contributed by atoms with van der Waals surface area (Å²) in [6.45, 7) is 4.57. The maximum Gasteiger partial charge on any atom is 0.240 e. The van der Waals surface area contributed by atoms with E-state index in [4.69, 9.17) is 5.73 Å². The molecule has 2 N–H and O–H groups in total. The number of hydrogen-bond donors (Lipinski definition) is 1. The normalized spacial score (nSPS) is 18.5. The largest absolute Gasteiger partial charge is 0.340 e. The lowest BCUT2D eigenvalue weighted by Crippen LogP contribution is -2.55. The van der Waals surface area contributed by atoms with Crippen molar-refractivity contribution in [2.24, 2.45) is 5.73 Å². The van der Waals surface area contributed by atoms with Crippen LogP contribution in [0.4, 0.5) is 8.78 Å². The first-order valence-electron chi connectivity index (χ1n) is 13.0. The molecule has 0 bridgehead atoms. The molecule has 0 spiro atoms. The number of rotatable bonds is 6. The van der Waals surface area contributed by atoms with Crippen LogP contribution in [0.5, 0.6) is 0 Å². The number of hydrogen-bond acceptors (Lipinski definition) is 4. The lowest BCUT2D eigenvalue weighted by Gasteiger charge is -2.44. The van der Waals surface area contributed by atoms with E-state index in [0.29, 0.717) is 32.7 Å². The van der Waals surface area contributed by atoms with Crippen LogP contribution in [0.2, 0.25) is 0 Å². The minimum Gasteiger partial charge on any atom is -0.340 e. The van der Waals surface area contributed by atoms with Gasteiger partial charge in [-0.05, 0) is 53.4 Å². The van der Waals surface area contributed by atoms with E-state index >= 15 is 0 Å². The number of carbonyl (C=O) groups is 2. The molecule has 0 saturated carbocycles. The van der Waals surface area contributed by atoms with E-state index in [1.54, 1.807) is 34.1 Å². The van der Waals surface area contributed by atoms with Gasteiger partial charge in [-0.2, -0.15) is 0 Å². The molecule has 1 fully saturated rings. The highest BCUT2D eigenvalue weighted by molar-refractivity contribution is 5.88. The van der Waals surface area contributed by atoms with Crippen LogP contribution in [-0.2, 0) is 22.7 Å². The monoisotopic (exact) mass is 518 g/mol. The summed E-state index contributed by atoms with van der Waals surface area (Å²) < 4.78 is 27.3. The molecule has 2 amide bonds. The molecule has 3 aromatic carbocycles. The van der Waals surface area contributed by atoms with E-state index in [0.717, 1.165) is 22.3 Å². The van der Waals surface area contributed by atoms with Gasteiger partial charge in [0, 0.05) is 38.8 Å². The average Bonchev–Trinajstić information content (AvgIpc) is 3.35. The Labute approximate surface area is 221 Å². The first-order valence-corrected chi connectivity index (χ1v) is 13.0. The Balaban J connectivity index is 1.24. The van der Waals surface area contributed by atoms with Crippen molar-refractivity contribution in [3.05, 3.63) is 107 Å². The van der Waals surface area contributed by atoms with Gasteiger partial charge in [0.1, 0.15) is 11.6 Å². The van der Waals surface area contributed by atoms with Gasteiger partial charge in [-0.1, -0.05) is 48.5 Å². The van der Waals surface area contributed by atoms with Crippen molar-refractivity contribution in [2.75, 3.05) is 19.6 Å². The van der Waals surface area contributed by atoms with Gasteiger partial charge >= 0.3 is 0 Å². The summed E-state index contributed by atoms with van der Waals surface area (Å²) in [6, 6.07) is 19.4. The maximum absolute atomic E-state index is 13.6. The maximum atomic E-state index is 13.6. The van der Waals surface area contributed by atoms with E-state index < -0.39 is 6.04 Å². The summed E-state index contributed by atoms with van der Waals surface area (Å²) >= 11 is 0. The topological polar surface area (TPSA) is 69.9 Å². The zero-order valence-electron chi connectivity index (χ0n) is 21.4. The van der Waals surface area contributed by atoms with E-state index in [9.17, 15) is 18.4 Å². The Morgan fingerprint density at radius 2 is 1.37 bits per heavy atom. The van der Waals surface area contributed by atoms with E-state index in [-0.39, 0.29) is 42.0 Å². The molecule has 2 aliphatic heterocycles. The van der Waals surface area contributed by atoms with E-state index in [1.807, 2.05) is 31.2 Å². The third-order valence-electron chi connectivity index (χ3n) is 7.60. The van der Waals surface area contributed by atoms with Crippen molar-refractivity contribution in [3.8, 4) is 0 Å². The zero-order chi connectivity index (χ0) is 26.8. The lowest BCUT2D eigenvalue weighted by molar-refractivity contribution is -0.140. The summed E-state index contributed by atoms with van der Waals surface area (Å²) in [5, 5.41) is 0. The highest BCUT2D eigenvalue weighted by atomic mass is 19.1. The SMILES string of the molecule is CC1CN(C(=O)CC(N)C(=O)N2Cc3ccccc3C2)CCN1C(c1ccc(F)cc1)c1ccc(F)cc1. The molecule has 2 atom stereocenters. The van der Waals surface area contributed by atoms with Crippen LogP contribution in [0.25, 0.3) is 0 Å². The second-order valence-corrected chi connectivity index (χ2v) is 10.2. The zero-order valence-corrected chi connectivity index (χ0v) is 21.4. The average molecular weight is 519 g/mol. The molecular formula is C30H32F2N4O2. The molecule has 6 nitrogen and oxygen atoms in total. The minimum atomic E-state index is -0.892. The van der Waals surface area contributed by atoms with Gasteiger partial charge in [0.05, 0.1) is 18.5 Å². The number of carbonyl (C=O) groups excluding carboxylic acids is 2. The van der Waals surface area contributed by atoms with Crippen LogP contribution >= 0.6 is 0 Å². The Morgan fingerprint density at radius 3 is 1.87 bits per heavy atom. The summed E-state index contributed by atoms with van der Waals surface area (Å²) in [4.78, 5) is 31.8. The van der Waals surface area contributed by atoms with Crippen LogP contribution in [0.1, 0.15) is 41.6 Å². The van der Waals surface area contributed by atoms with Gasteiger partial charge in [0.2, 0.25) is 11.8 Å². The highest BCUT2D eigenvalue weighted by Crippen LogP contribution is 2.32. The molecule has 2 aliphatic rings. The van der Waals surface area contributed by atoms with E-state index in [1.165, 1.54) is 24.3 Å². The predicted octanol–water partition coefficient (Wildman–Crippen LogP) is 3.85.